The van der Waals surface area contributed by atoms with Crippen molar-refractivity contribution in [3.8, 4) is 0 Å². The number of pyridine rings is 1. The summed E-state index contributed by atoms with van der Waals surface area (Å²) in [4.78, 5) is 4.23. The molecule has 0 aromatic carbocycles. The van der Waals surface area contributed by atoms with Gasteiger partial charge in [0.15, 0.2) is 0 Å². The summed E-state index contributed by atoms with van der Waals surface area (Å²) in [5, 5.41) is 6.72. The van der Waals surface area contributed by atoms with Gasteiger partial charge in [0.25, 0.3) is 0 Å². The van der Waals surface area contributed by atoms with Crippen LogP contribution in [0.1, 0.15) is 33.1 Å². The molecule has 0 saturated heterocycles. The summed E-state index contributed by atoms with van der Waals surface area (Å²) >= 11 is 0. The average Bonchev–Trinajstić information content (AvgIpc) is 2.33. The Morgan fingerprint density at radius 1 is 1.29 bits per heavy atom. The van der Waals surface area contributed by atoms with Gasteiger partial charge in [-0.25, -0.2) is 4.98 Å². The molecule has 2 N–H and O–H groups in total. The van der Waals surface area contributed by atoms with Gasteiger partial charge in [0.05, 0.1) is 0 Å². The van der Waals surface area contributed by atoms with Gasteiger partial charge in [0, 0.05) is 31.0 Å². The molecule has 0 radical (unpaired) electrons. The highest BCUT2D eigenvalue weighted by molar-refractivity contribution is 5.52. The first-order valence-corrected chi connectivity index (χ1v) is 6.59. The van der Waals surface area contributed by atoms with E-state index in [9.17, 15) is 0 Å². The maximum atomic E-state index is 4.23. The molecule has 1 aromatic heterocycles. The predicted octanol–water partition coefficient (Wildman–Crippen LogP) is 3.36. The van der Waals surface area contributed by atoms with E-state index in [2.05, 4.69) is 35.5 Å². The molecule has 94 valence electrons. The third-order valence-corrected chi connectivity index (χ3v) is 3.80. The van der Waals surface area contributed by atoms with Crippen LogP contribution in [0.5, 0.6) is 0 Å². The number of hydrogen-bond donors (Lipinski definition) is 2. The van der Waals surface area contributed by atoms with Crippen molar-refractivity contribution in [2.75, 3.05) is 17.7 Å². The number of rotatable bonds is 3. The fourth-order valence-electron chi connectivity index (χ4n) is 2.75. The van der Waals surface area contributed by atoms with Crippen molar-refractivity contribution in [1.29, 1.82) is 0 Å². The van der Waals surface area contributed by atoms with Crippen LogP contribution in [0, 0.1) is 11.8 Å². The van der Waals surface area contributed by atoms with E-state index in [-0.39, 0.29) is 0 Å². The van der Waals surface area contributed by atoms with Gasteiger partial charge in [-0.2, -0.15) is 0 Å². The third kappa shape index (κ3) is 3.11. The maximum absolute atomic E-state index is 4.23. The molecule has 1 fully saturated rings. The van der Waals surface area contributed by atoms with Crippen LogP contribution in [0.25, 0.3) is 0 Å². The lowest BCUT2D eigenvalue weighted by Gasteiger charge is -2.33. The van der Waals surface area contributed by atoms with Crippen molar-refractivity contribution < 1.29 is 0 Å². The van der Waals surface area contributed by atoms with Crippen LogP contribution >= 0.6 is 0 Å². The van der Waals surface area contributed by atoms with Gasteiger partial charge in [-0.1, -0.05) is 13.8 Å². The highest BCUT2D eigenvalue weighted by Gasteiger charge is 2.24. The molecule has 0 aliphatic heterocycles. The Bertz CT molecular complexity index is 364. The quantitative estimate of drug-likeness (QED) is 0.840. The largest absolute Gasteiger partial charge is 0.382 e. The van der Waals surface area contributed by atoms with Gasteiger partial charge in [-0.3, -0.25) is 0 Å². The molecule has 2 rings (SSSR count). The fraction of sp³-hybridized carbons (Fsp3) is 0.643. The van der Waals surface area contributed by atoms with Crippen molar-refractivity contribution in [3.63, 3.8) is 0 Å². The molecule has 1 aliphatic rings. The Balaban J connectivity index is 2.00. The zero-order chi connectivity index (χ0) is 12.3. The summed E-state index contributed by atoms with van der Waals surface area (Å²) in [6.45, 7) is 4.71. The van der Waals surface area contributed by atoms with Gasteiger partial charge in [-0.15, -0.1) is 0 Å². The Hall–Kier alpha value is -1.25. The molecule has 0 spiro atoms. The summed E-state index contributed by atoms with van der Waals surface area (Å²) in [7, 11) is 1.90. The van der Waals surface area contributed by atoms with E-state index in [1.807, 2.05) is 19.3 Å². The molecule has 1 aromatic rings. The maximum Gasteiger partial charge on any atom is 0.127 e. The van der Waals surface area contributed by atoms with Gasteiger partial charge in [0.1, 0.15) is 5.82 Å². The molecular formula is C14H23N3. The molecule has 0 amide bonds. The average molecular weight is 233 g/mol. The van der Waals surface area contributed by atoms with Crippen molar-refractivity contribution >= 4 is 11.5 Å². The third-order valence-electron chi connectivity index (χ3n) is 3.80. The molecule has 3 nitrogen and oxygen atoms in total. The first kappa shape index (κ1) is 12.2. The number of nitrogens with one attached hydrogen (secondary N) is 2. The van der Waals surface area contributed by atoms with Crippen LogP contribution in [-0.4, -0.2) is 18.1 Å². The van der Waals surface area contributed by atoms with Gasteiger partial charge < -0.3 is 10.6 Å². The number of anilines is 2. The minimum Gasteiger partial charge on any atom is -0.382 e. The van der Waals surface area contributed by atoms with E-state index in [1.165, 1.54) is 24.9 Å². The van der Waals surface area contributed by atoms with E-state index in [0.717, 1.165) is 17.7 Å². The van der Waals surface area contributed by atoms with Gasteiger partial charge in [-0.05, 0) is 37.2 Å². The van der Waals surface area contributed by atoms with Crippen LogP contribution in [0.2, 0.25) is 0 Å². The zero-order valence-corrected chi connectivity index (χ0v) is 11.0. The van der Waals surface area contributed by atoms with E-state index in [4.69, 9.17) is 0 Å². The van der Waals surface area contributed by atoms with Crippen LogP contribution in [-0.2, 0) is 0 Å². The van der Waals surface area contributed by atoms with Gasteiger partial charge in [0.2, 0.25) is 0 Å². The molecule has 3 unspecified atom stereocenters. The lowest BCUT2D eigenvalue weighted by molar-refractivity contribution is 0.276. The zero-order valence-electron chi connectivity index (χ0n) is 11.0. The van der Waals surface area contributed by atoms with Crippen molar-refractivity contribution in [2.24, 2.45) is 11.8 Å². The molecule has 1 heterocycles. The van der Waals surface area contributed by atoms with E-state index in [0.29, 0.717) is 6.04 Å². The van der Waals surface area contributed by atoms with Crippen LogP contribution in [0.15, 0.2) is 18.3 Å². The Morgan fingerprint density at radius 3 is 2.82 bits per heavy atom. The van der Waals surface area contributed by atoms with Gasteiger partial charge >= 0.3 is 0 Å². The molecule has 3 heteroatoms. The molecule has 1 aliphatic carbocycles. The normalized spacial score (nSPS) is 28.8. The molecule has 0 bridgehead atoms. The van der Waals surface area contributed by atoms with Crippen molar-refractivity contribution in [3.05, 3.63) is 18.3 Å². The molecule has 1 saturated carbocycles. The summed E-state index contributed by atoms with van der Waals surface area (Å²) in [5.74, 6) is 2.56. The molecule has 3 atom stereocenters. The topological polar surface area (TPSA) is 37.0 Å². The van der Waals surface area contributed by atoms with E-state index in [1.54, 1.807) is 0 Å². The Kier molecular flexibility index (Phi) is 3.87. The highest BCUT2D eigenvalue weighted by Crippen LogP contribution is 2.30. The number of hydrogen-bond acceptors (Lipinski definition) is 3. The molecular weight excluding hydrogens is 210 g/mol. The molecule has 17 heavy (non-hydrogen) atoms. The van der Waals surface area contributed by atoms with Crippen molar-refractivity contribution in [2.45, 2.75) is 39.2 Å². The van der Waals surface area contributed by atoms with E-state index >= 15 is 0 Å². The number of nitrogens with zero attached hydrogens (tertiary/aromatic N) is 1. The van der Waals surface area contributed by atoms with Crippen molar-refractivity contribution in [1.82, 2.24) is 4.98 Å². The monoisotopic (exact) mass is 233 g/mol. The lowest BCUT2D eigenvalue weighted by atomic mass is 9.80. The second-order valence-electron chi connectivity index (χ2n) is 5.33. The Morgan fingerprint density at radius 2 is 2.12 bits per heavy atom. The summed E-state index contributed by atoms with van der Waals surface area (Å²) in [6, 6.07) is 4.73. The first-order chi connectivity index (χ1) is 8.19. The summed E-state index contributed by atoms with van der Waals surface area (Å²) in [5.41, 5.74) is 1.18. The fourth-order valence-corrected chi connectivity index (χ4v) is 2.75. The van der Waals surface area contributed by atoms with E-state index < -0.39 is 0 Å². The van der Waals surface area contributed by atoms with Crippen LogP contribution in [0.4, 0.5) is 11.5 Å². The van der Waals surface area contributed by atoms with Crippen LogP contribution < -0.4 is 10.6 Å². The second kappa shape index (κ2) is 5.39. The standard InChI is InChI=1S/C14H23N3/c1-10-4-5-13(11(2)8-10)17-12-6-7-16-14(9-12)15-3/h6-7,9-11,13H,4-5,8H2,1-3H3,(H2,15,16,17). The first-order valence-electron chi connectivity index (χ1n) is 6.59. The smallest absolute Gasteiger partial charge is 0.127 e. The minimum atomic E-state index is 0.610. The Labute approximate surface area is 104 Å². The highest BCUT2D eigenvalue weighted by atomic mass is 15.0. The number of aromatic nitrogens is 1. The summed E-state index contributed by atoms with van der Waals surface area (Å²) in [6.07, 6.45) is 5.80. The predicted molar refractivity (Wildman–Crippen MR) is 73.4 cm³/mol. The second-order valence-corrected chi connectivity index (χ2v) is 5.33. The van der Waals surface area contributed by atoms with Crippen LogP contribution in [0.3, 0.4) is 0 Å². The minimum absolute atomic E-state index is 0.610. The SMILES string of the molecule is CNc1cc(NC2CCC(C)CC2C)ccn1. The summed E-state index contributed by atoms with van der Waals surface area (Å²) < 4.78 is 0. The lowest BCUT2D eigenvalue weighted by Crippen LogP contribution is -2.33.